The molecule has 0 saturated carbocycles. The summed E-state index contributed by atoms with van der Waals surface area (Å²) in [5.74, 6) is 0.660. The molecule has 1 aromatic carbocycles. The lowest BCUT2D eigenvalue weighted by Crippen LogP contribution is -2.20. The molecular weight excluding hydrogens is 176 g/mol. The van der Waals surface area contributed by atoms with Gasteiger partial charge in [0.05, 0.1) is 5.56 Å². The molecule has 1 aromatic rings. The van der Waals surface area contributed by atoms with Crippen LogP contribution in [0.4, 0.5) is 0 Å². The third-order valence-electron chi connectivity index (χ3n) is 1.79. The molecule has 14 heavy (non-hydrogen) atoms. The molecule has 1 N–H and O–H groups in total. The molecule has 0 aliphatic carbocycles. The van der Waals surface area contributed by atoms with Crippen molar-refractivity contribution >= 4 is 0 Å². The first-order valence-corrected chi connectivity index (χ1v) is 4.71. The van der Waals surface area contributed by atoms with Crippen molar-refractivity contribution in [3.05, 3.63) is 29.8 Å². The second kappa shape index (κ2) is 6.01. The number of nitrogens with zero attached hydrogens (tertiary/aromatic N) is 1. The zero-order chi connectivity index (χ0) is 10.2. The fourth-order valence-electron chi connectivity index (χ4n) is 1.09. The molecule has 3 heteroatoms. The van der Waals surface area contributed by atoms with E-state index in [0.29, 0.717) is 17.9 Å². The smallest absolute Gasteiger partial charge is 0.137 e. The fourth-order valence-corrected chi connectivity index (χ4v) is 1.09. The zero-order valence-corrected chi connectivity index (χ0v) is 8.29. The van der Waals surface area contributed by atoms with Crippen LogP contribution in [0.15, 0.2) is 24.3 Å². The van der Waals surface area contributed by atoms with Crippen molar-refractivity contribution in [3.8, 4) is 11.8 Å². The maximum absolute atomic E-state index is 8.78. The zero-order valence-electron chi connectivity index (χ0n) is 8.29. The van der Waals surface area contributed by atoms with Crippen LogP contribution in [-0.4, -0.2) is 19.7 Å². The summed E-state index contributed by atoms with van der Waals surface area (Å²) in [5, 5.41) is 11.9. The van der Waals surface area contributed by atoms with Crippen LogP contribution in [0, 0.1) is 11.3 Å². The van der Waals surface area contributed by atoms with Gasteiger partial charge in [-0.05, 0) is 18.7 Å². The molecule has 0 fully saturated rings. The lowest BCUT2D eigenvalue weighted by Gasteiger charge is -2.07. The lowest BCUT2D eigenvalue weighted by atomic mass is 10.2. The fraction of sp³-hybridized carbons (Fsp3) is 0.364. The molecule has 0 aliphatic rings. The summed E-state index contributed by atoms with van der Waals surface area (Å²) >= 11 is 0. The summed E-state index contributed by atoms with van der Waals surface area (Å²) < 4.78 is 5.45. The number of ether oxygens (including phenoxy) is 1. The number of nitriles is 1. The number of benzene rings is 1. The van der Waals surface area contributed by atoms with Crippen LogP contribution in [0.5, 0.6) is 5.75 Å². The Hall–Kier alpha value is -1.53. The SMILES string of the molecule is CCNCCOc1ccccc1C#N. The van der Waals surface area contributed by atoms with Crippen LogP contribution >= 0.6 is 0 Å². The molecule has 0 saturated heterocycles. The van der Waals surface area contributed by atoms with E-state index in [1.165, 1.54) is 0 Å². The van der Waals surface area contributed by atoms with Crippen LogP contribution in [0.1, 0.15) is 12.5 Å². The van der Waals surface area contributed by atoms with Crippen molar-refractivity contribution in [2.24, 2.45) is 0 Å². The monoisotopic (exact) mass is 190 g/mol. The minimum absolute atomic E-state index is 0.587. The van der Waals surface area contributed by atoms with Crippen molar-refractivity contribution in [1.82, 2.24) is 5.32 Å². The first-order valence-electron chi connectivity index (χ1n) is 4.71. The van der Waals surface area contributed by atoms with Crippen molar-refractivity contribution in [2.45, 2.75) is 6.92 Å². The number of para-hydroxylation sites is 1. The van der Waals surface area contributed by atoms with Gasteiger partial charge in [0.2, 0.25) is 0 Å². The van der Waals surface area contributed by atoms with Crippen LogP contribution in [0.3, 0.4) is 0 Å². The minimum atomic E-state index is 0.587. The molecule has 0 radical (unpaired) electrons. The second-order valence-electron chi connectivity index (χ2n) is 2.81. The normalized spacial score (nSPS) is 9.43. The Balaban J connectivity index is 2.46. The number of hydrogen-bond acceptors (Lipinski definition) is 3. The van der Waals surface area contributed by atoms with E-state index < -0.39 is 0 Å². The third-order valence-corrected chi connectivity index (χ3v) is 1.79. The Bertz CT molecular complexity index is 317. The highest BCUT2D eigenvalue weighted by atomic mass is 16.5. The molecule has 1 rings (SSSR count). The first-order chi connectivity index (χ1) is 6.88. The van der Waals surface area contributed by atoms with Crippen molar-refractivity contribution in [2.75, 3.05) is 19.7 Å². The molecule has 0 amide bonds. The Labute approximate surface area is 84.3 Å². The second-order valence-corrected chi connectivity index (χ2v) is 2.81. The molecule has 0 aliphatic heterocycles. The minimum Gasteiger partial charge on any atom is -0.491 e. The third kappa shape index (κ3) is 3.08. The van der Waals surface area contributed by atoms with E-state index >= 15 is 0 Å². The van der Waals surface area contributed by atoms with Gasteiger partial charge in [-0.2, -0.15) is 5.26 Å². The van der Waals surface area contributed by atoms with Gasteiger partial charge in [0.1, 0.15) is 18.4 Å². The van der Waals surface area contributed by atoms with Crippen LogP contribution in [-0.2, 0) is 0 Å². The summed E-state index contributed by atoms with van der Waals surface area (Å²) in [4.78, 5) is 0. The highest BCUT2D eigenvalue weighted by molar-refractivity contribution is 5.42. The van der Waals surface area contributed by atoms with Gasteiger partial charge in [0.25, 0.3) is 0 Å². The summed E-state index contributed by atoms with van der Waals surface area (Å²) in [6.45, 7) is 4.37. The van der Waals surface area contributed by atoms with Crippen molar-refractivity contribution < 1.29 is 4.74 Å². The maximum Gasteiger partial charge on any atom is 0.137 e. The van der Waals surface area contributed by atoms with E-state index in [1.54, 1.807) is 6.07 Å². The highest BCUT2D eigenvalue weighted by Gasteiger charge is 1.99. The van der Waals surface area contributed by atoms with Gasteiger partial charge < -0.3 is 10.1 Å². The Morgan fingerprint density at radius 3 is 2.93 bits per heavy atom. The van der Waals surface area contributed by atoms with Gasteiger partial charge in [-0.1, -0.05) is 19.1 Å². The van der Waals surface area contributed by atoms with E-state index in [1.807, 2.05) is 25.1 Å². The van der Waals surface area contributed by atoms with Crippen LogP contribution in [0.2, 0.25) is 0 Å². The molecular formula is C11H14N2O. The van der Waals surface area contributed by atoms with Gasteiger partial charge in [-0.3, -0.25) is 0 Å². The van der Waals surface area contributed by atoms with Gasteiger partial charge in [-0.15, -0.1) is 0 Å². The van der Waals surface area contributed by atoms with E-state index in [2.05, 4.69) is 11.4 Å². The number of hydrogen-bond donors (Lipinski definition) is 1. The van der Waals surface area contributed by atoms with Gasteiger partial charge >= 0.3 is 0 Å². The molecule has 3 nitrogen and oxygen atoms in total. The molecule has 0 atom stereocenters. The Morgan fingerprint density at radius 2 is 2.21 bits per heavy atom. The first kappa shape index (κ1) is 10.6. The number of likely N-dealkylation sites (N-methyl/N-ethyl adjacent to an activating group) is 1. The predicted molar refractivity (Wildman–Crippen MR) is 55.2 cm³/mol. The van der Waals surface area contributed by atoms with Crippen molar-refractivity contribution in [3.63, 3.8) is 0 Å². The number of nitrogens with one attached hydrogen (secondary N) is 1. The largest absolute Gasteiger partial charge is 0.491 e. The molecule has 74 valence electrons. The average Bonchev–Trinajstić information content (AvgIpc) is 2.25. The highest BCUT2D eigenvalue weighted by Crippen LogP contribution is 2.15. The Kier molecular flexibility index (Phi) is 4.53. The molecule has 0 spiro atoms. The van der Waals surface area contributed by atoms with Crippen LogP contribution in [0.25, 0.3) is 0 Å². The summed E-state index contributed by atoms with van der Waals surface area (Å²) in [6, 6.07) is 9.35. The molecule has 0 aromatic heterocycles. The quantitative estimate of drug-likeness (QED) is 0.716. The Morgan fingerprint density at radius 1 is 1.43 bits per heavy atom. The van der Waals surface area contributed by atoms with Crippen molar-refractivity contribution in [1.29, 1.82) is 5.26 Å². The molecule has 0 unspecified atom stereocenters. The van der Waals surface area contributed by atoms with Gasteiger partial charge in [-0.25, -0.2) is 0 Å². The summed E-state index contributed by atoms with van der Waals surface area (Å²) in [6.07, 6.45) is 0. The summed E-state index contributed by atoms with van der Waals surface area (Å²) in [7, 11) is 0. The summed E-state index contributed by atoms with van der Waals surface area (Å²) in [5.41, 5.74) is 0.587. The van der Waals surface area contributed by atoms with E-state index in [4.69, 9.17) is 10.00 Å². The van der Waals surface area contributed by atoms with E-state index in [9.17, 15) is 0 Å². The average molecular weight is 190 g/mol. The molecule has 0 heterocycles. The lowest BCUT2D eigenvalue weighted by molar-refractivity contribution is 0.314. The number of rotatable bonds is 5. The van der Waals surface area contributed by atoms with Crippen LogP contribution < -0.4 is 10.1 Å². The van der Waals surface area contributed by atoms with E-state index in [0.717, 1.165) is 13.1 Å². The predicted octanol–water partition coefficient (Wildman–Crippen LogP) is 1.55. The molecule has 0 bridgehead atoms. The van der Waals surface area contributed by atoms with Gasteiger partial charge in [0.15, 0.2) is 0 Å². The van der Waals surface area contributed by atoms with Gasteiger partial charge in [0, 0.05) is 6.54 Å². The van der Waals surface area contributed by atoms with E-state index in [-0.39, 0.29) is 0 Å². The topological polar surface area (TPSA) is 45.0 Å². The standard InChI is InChI=1S/C11H14N2O/c1-2-13-7-8-14-11-6-4-3-5-10(11)9-12/h3-6,13H,2,7-8H2,1H3. The maximum atomic E-state index is 8.78.